The Labute approximate surface area is 107 Å². The van der Waals surface area contributed by atoms with E-state index in [1.165, 1.54) is 0 Å². The summed E-state index contributed by atoms with van der Waals surface area (Å²) >= 11 is 0. The van der Waals surface area contributed by atoms with Gasteiger partial charge in [0.2, 0.25) is 0 Å². The number of aromatic amines is 1. The van der Waals surface area contributed by atoms with Crippen LogP contribution in [0.25, 0.3) is 10.9 Å². The van der Waals surface area contributed by atoms with Gasteiger partial charge in [0.05, 0.1) is 0 Å². The second-order valence-corrected chi connectivity index (χ2v) is 5.30. The molecule has 1 aromatic carbocycles. The fourth-order valence-corrected chi connectivity index (χ4v) is 2.23. The lowest BCUT2D eigenvalue weighted by atomic mass is 10.1. The normalized spacial score (nSPS) is 11.9. The molecule has 0 atom stereocenters. The van der Waals surface area contributed by atoms with Crippen LogP contribution in [0.3, 0.4) is 0 Å². The molecule has 0 aliphatic heterocycles. The molecular weight excluding hydrogens is 229 g/mol. The first-order chi connectivity index (χ1) is 8.45. The summed E-state index contributed by atoms with van der Waals surface area (Å²) in [5.74, 6) is -0.183. The minimum absolute atomic E-state index is 0.183. The number of rotatable bonds is 4. The highest BCUT2D eigenvalue weighted by atomic mass is 19.1. The molecule has 4 heteroatoms. The Hall–Kier alpha value is -1.39. The number of hydrogen-bond acceptors (Lipinski definition) is 2. The molecule has 0 spiro atoms. The first-order valence-electron chi connectivity index (χ1n) is 6.05. The van der Waals surface area contributed by atoms with Crippen molar-refractivity contribution in [3.8, 4) is 0 Å². The quantitative estimate of drug-likeness (QED) is 0.899. The highest BCUT2D eigenvalue weighted by Gasteiger charge is 2.09. The maximum Gasteiger partial charge on any atom is 0.125 e. The first-order valence-corrected chi connectivity index (χ1v) is 6.05. The predicted octanol–water partition coefficient (Wildman–Crippen LogP) is 2.43. The van der Waals surface area contributed by atoms with Gasteiger partial charge in [-0.1, -0.05) is 0 Å². The smallest absolute Gasteiger partial charge is 0.125 e. The van der Waals surface area contributed by atoms with Crippen molar-refractivity contribution in [2.45, 2.75) is 13.1 Å². The highest BCUT2D eigenvalue weighted by Crippen LogP contribution is 2.23. The summed E-state index contributed by atoms with van der Waals surface area (Å²) in [6.45, 7) is 1.57. The third-order valence-corrected chi connectivity index (χ3v) is 2.82. The topological polar surface area (TPSA) is 22.3 Å². The molecule has 1 heterocycles. The Morgan fingerprint density at radius 2 is 1.67 bits per heavy atom. The van der Waals surface area contributed by atoms with Gasteiger partial charge in [-0.3, -0.25) is 0 Å². The van der Waals surface area contributed by atoms with E-state index in [-0.39, 0.29) is 5.82 Å². The van der Waals surface area contributed by atoms with Gasteiger partial charge < -0.3 is 14.8 Å². The Morgan fingerprint density at radius 1 is 1.00 bits per heavy atom. The van der Waals surface area contributed by atoms with E-state index in [1.807, 2.05) is 33.1 Å². The predicted molar refractivity (Wildman–Crippen MR) is 73.0 cm³/mol. The molecule has 0 unspecified atom stereocenters. The lowest BCUT2D eigenvalue weighted by Crippen LogP contribution is -2.11. The third kappa shape index (κ3) is 2.89. The number of fused-ring (bicyclic) bond motifs is 1. The van der Waals surface area contributed by atoms with Crippen molar-refractivity contribution in [2.24, 2.45) is 0 Å². The highest BCUT2D eigenvalue weighted by molar-refractivity contribution is 5.84. The van der Waals surface area contributed by atoms with Crippen molar-refractivity contribution >= 4 is 10.9 Å². The van der Waals surface area contributed by atoms with E-state index in [9.17, 15) is 4.39 Å². The number of halogens is 1. The zero-order valence-corrected chi connectivity index (χ0v) is 11.4. The van der Waals surface area contributed by atoms with Crippen LogP contribution in [0.1, 0.15) is 11.3 Å². The Bertz CT molecular complexity index is 543. The van der Waals surface area contributed by atoms with Crippen LogP contribution in [0.4, 0.5) is 4.39 Å². The molecule has 0 saturated carbocycles. The van der Waals surface area contributed by atoms with Gasteiger partial charge in [-0.2, -0.15) is 0 Å². The SMILES string of the molecule is CN(C)Cc1cc2c(CN(C)C)cc(F)cc2[nH]1. The number of hydrogen-bond donors (Lipinski definition) is 1. The van der Waals surface area contributed by atoms with E-state index < -0.39 is 0 Å². The van der Waals surface area contributed by atoms with Crippen molar-refractivity contribution < 1.29 is 4.39 Å². The van der Waals surface area contributed by atoms with E-state index in [0.29, 0.717) is 0 Å². The van der Waals surface area contributed by atoms with Crippen molar-refractivity contribution in [1.82, 2.24) is 14.8 Å². The minimum Gasteiger partial charge on any atom is -0.357 e. The van der Waals surface area contributed by atoms with Crippen molar-refractivity contribution in [3.63, 3.8) is 0 Å². The summed E-state index contributed by atoms with van der Waals surface area (Å²) in [6, 6.07) is 5.30. The molecule has 98 valence electrons. The third-order valence-electron chi connectivity index (χ3n) is 2.82. The Kier molecular flexibility index (Phi) is 3.68. The molecule has 0 aliphatic carbocycles. The van der Waals surface area contributed by atoms with Gasteiger partial charge in [0.1, 0.15) is 5.82 Å². The Morgan fingerprint density at radius 3 is 2.28 bits per heavy atom. The van der Waals surface area contributed by atoms with Gasteiger partial charge in [-0.25, -0.2) is 4.39 Å². The molecule has 0 fully saturated rings. The standard InChI is InChI=1S/C14H20FN3/c1-17(2)8-10-5-11(15)6-14-13(10)7-12(16-14)9-18(3)4/h5-7,16H,8-9H2,1-4H3. The van der Waals surface area contributed by atoms with Crippen LogP contribution in [0.2, 0.25) is 0 Å². The lowest BCUT2D eigenvalue weighted by Gasteiger charge is -2.10. The summed E-state index contributed by atoms with van der Waals surface area (Å²) in [5, 5.41) is 1.11. The number of nitrogens with one attached hydrogen (secondary N) is 1. The van der Waals surface area contributed by atoms with E-state index in [4.69, 9.17) is 0 Å². The lowest BCUT2D eigenvalue weighted by molar-refractivity contribution is 0.398. The van der Waals surface area contributed by atoms with Gasteiger partial charge in [0.25, 0.3) is 0 Å². The first kappa shape index (κ1) is 13.1. The summed E-state index contributed by atoms with van der Waals surface area (Å²) in [6.07, 6.45) is 0. The van der Waals surface area contributed by atoms with Gasteiger partial charge in [-0.05, 0) is 52.0 Å². The molecule has 0 bridgehead atoms. The molecule has 0 radical (unpaired) electrons. The fraction of sp³-hybridized carbons (Fsp3) is 0.429. The molecule has 2 aromatic rings. The van der Waals surface area contributed by atoms with Crippen LogP contribution in [-0.2, 0) is 13.1 Å². The van der Waals surface area contributed by atoms with Crippen LogP contribution in [0.5, 0.6) is 0 Å². The zero-order chi connectivity index (χ0) is 13.3. The van der Waals surface area contributed by atoms with Crippen molar-refractivity contribution in [2.75, 3.05) is 28.2 Å². The maximum absolute atomic E-state index is 13.6. The van der Waals surface area contributed by atoms with Gasteiger partial charge in [-0.15, -0.1) is 0 Å². The molecule has 0 aliphatic rings. The summed E-state index contributed by atoms with van der Waals surface area (Å²) in [5.41, 5.74) is 3.01. The molecule has 1 aromatic heterocycles. The van der Waals surface area contributed by atoms with Crippen LogP contribution in [-0.4, -0.2) is 43.0 Å². The zero-order valence-electron chi connectivity index (χ0n) is 11.4. The van der Waals surface area contributed by atoms with E-state index >= 15 is 0 Å². The average Bonchev–Trinajstić information content (AvgIpc) is 2.57. The van der Waals surface area contributed by atoms with Gasteiger partial charge >= 0.3 is 0 Å². The second-order valence-electron chi connectivity index (χ2n) is 5.30. The van der Waals surface area contributed by atoms with E-state index in [2.05, 4.69) is 16.0 Å². The van der Waals surface area contributed by atoms with E-state index in [0.717, 1.165) is 35.2 Å². The minimum atomic E-state index is -0.183. The number of nitrogens with zero attached hydrogens (tertiary/aromatic N) is 2. The Balaban J connectivity index is 2.46. The maximum atomic E-state index is 13.6. The fourth-order valence-electron chi connectivity index (χ4n) is 2.23. The monoisotopic (exact) mass is 249 g/mol. The van der Waals surface area contributed by atoms with Crippen LogP contribution < -0.4 is 0 Å². The molecule has 2 rings (SSSR count). The molecule has 18 heavy (non-hydrogen) atoms. The van der Waals surface area contributed by atoms with Crippen LogP contribution in [0, 0.1) is 5.82 Å². The van der Waals surface area contributed by atoms with Crippen LogP contribution >= 0.6 is 0 Å². The molecule has 1 N–H and O–H groups in total. The summed E-state index contributed by atoms with van der Waals surface area (Å²) in [4.78, 5) is 7.42. The summed E-state index contributed by atoms with van der Waals surface area (Å²) in [7, 11) is 8.02. The second kappa shape index (κ2) is 5.08. The molecule has 0 saturated heterocycles. The number of benzene rings is 1. The molecule has 3 nitrogen and oxygen atoms in total. The average molecular weight is 249 g/mol. The van der Waals surface area contributed by atoms with Crippen LogP contribution in [0.15, 0.2) is 18.2 Å². The van der Waals surface area contributed by atoms with Crippen molar-refractivity contribution in [1.29, 1.82) is 0 Å². The number of H-pyrrole nitrogens is 1. The summed E-state index contributed by atoms with van der Waals surface area (Å²) < 4.78 is 13.6. The van der Waals surface area contributed by atoms with Gasteiger partial charge in [0, 0.05) is 29.7 Å². The molecular formula is C14H20FN3. The number of aromatic nitrogens is 1. The largest absolute Gasteiger partial charge is 0.357 e. The van der Waals surface area contributed by atoms with Gasteiger partial charge in [0.15, 0.2) is 0 Å². The van der Waals surface area contributed by atoms with E-state index in [1.54, 1.807) is 12.1 Å². The molecule has 0 amide bonds. The van der Waals surface area contributed by atoms with Crippen molar-refractivity contribution in [3.05, 3.63) is 35.3 Å².